The molecule has 1 amide bonds. The fraction of sp³-hybridized carbons (Fsp3) is 0.655. The quantitative estimate of drug-likeness (QED) is 0.403. The summed E-state index contributed by atoms with van der Waals surface area (Å²) in [5, 5.41) is 6.68. The third-order valence-corrected chi connectivity index (χ3v) is 7.24. The molecule has 0 aromatic rings. The van der Waals surface area contributed by atoms with Gasteiger partial charge in [0.2, 0.25) is 0 Å². The highest BCUT2D eigenvalue weighted by atomic mass is 19.4. The fourth-order valence-electron chi connectivity index (χ4n) is 5.45. The van der Waals surface area contributed by atoms with Crippen LogP contribution in [-0.2, 0) is 14.2 Å². The van der Waals surface area contributed by atoms with Crippen LogP contribution in [0.2, 0.25) is 0 Å². The van der Waals surface area contributed by atoms with E-state index in [2.05, 4.69) is 5.43 Å². The van der Waals surface area contributed by atoms with Crippen molar-refractivity contribution in [3.05, 3.63) is 46.3 Å². The fourth-order valence-corrected chi connectivity index (χ4v) is 5.45. The topological polar surface area (TPSA) is 75.6 Å². The molecular formula is C29H41F3N4O4. The molecule has 2 heterocycles. The number of fused-ring (bicyclic) bond motifs is 2. The van der Waals surface area contributed by atoms with E-state index in [0.29, 0.717) is 43.8 Å². The summed E-state index contributed by atoms with van der Waals surface area (Å²) in [7, 11) is 1.43. The van der Waals surface area contributed by atoms with Gasteiger partial charge in [-0.2, -0.15) is 18.3 Å². The minimum absolute atomic E-state index is 0.0422. The number of hydrogen-bond donors (Lipinski definition) is 1. The maximum Gasteiger partial charge on any atom is 0.416 e. The van der Waals surface area contributed by atoms with Crippen molar-refractivity contribution in [1.29, 1.82) is 0 Å². The van der Waals surface area contributed by atoms with Crippen LogP contribution in [0.3, 0.4) is 0 Å². The number of alkyl halides is 3. The number of methoxy groups -OCH3 is 1. The normalized spacial score (nSPS) is 25.4. The minimum Gasteiger partial charge on any atom is -0.467 e. The Morgan fingerprint density at radius 2 is 1.90 bits per heavy atom. The molecule has 222 valence electrons. The number of ether oxygens (including phenoxy) is 3. The summed E-state index contributed by atoms with van der Waals surface area (Å²) in [6, 6.07) is -0.0422. The van der Waals surface area contributed by atoms with Gasteiger partial charge < -0.3 is 19.1 Å². The van der Waals surface area contributed by atoms with Crippen LogP contribution >= 0.6 is 0 Å². The number of piperidine rings is 1. The molecule has 0 spiro atoms. The first-order valence-corrected chi connectivity index (χ1v) is 14.1. The second kappa shape index (κ2) is 12.8. The van der Waals surface area contributed by atoms with Crippen molar-refractivity contribution in [2.24, 2.45) is 5.10 Å². The number of hydrogen-bond acceptors (Lipinski definition) is 7. The van der Waals surface area contributed by atoms with Crippen molar-refractivity contribution < 1.29 is 32.2 Å². The molecule has 0 saturated carbocycles. The lowest BCUT2D eigenvalue weighted by Gasteiger charge is -2.37. The van der Waals surface area contributed by atoms with Crippen molar-refractivity contribution in [3.8, 4) is 0 Å². The van der Waals surface area contributed by atoms with E-state index in [-0.39, 0.29) is 24.7 Å². The van der Waals surface area contributed by atoms with Crippen LogP contribution < -0.4 is 5.43 Å². The average molecular weight is 567 g/mol. The largest absolute Gasteiger partial charge is 0.467 e. The Morgan fingerprint density at radius 3 is 2.62 bits per heavy atom. The van der Waals surface area contributed by atoms with Crippen LogP contribution in [0.25, 0.3) is 0 Å². The average Bonchev–Trinajstić information content (AvgIpc) is 2.89. The number of carbonyl (C=O) groups is 1. The second-order valence-corrected chi connectivity index (χ2v) is 11.6. The Hall–Kier alpha value is -2.79. The van der Waals surface area contributed by atoms with Crippen LogP contribution in [0.15, 0.2) is 51.4 Å². The standard InChI is InChI=1S/C29H41F3N4O4/c1-28(2,3)40-27(37)35-15-8-12-22(18-35)33-36-16-14-24-25(39-19-38-4)17-21(29(30,31)32)11-7-10-20-9-5-6-13-23(20)26(24)34-36/h11,14,17,22,33H,5-10,12-13,15-16,18-19H2,1-4H3/b21-11+,25-17+/t22-/m1/s1. The molecule has 0 aromatic carbocycles. The monoisotopic (exact) mass is 566 g/mol. The number of hydrazone groups is 1. The van der Waals surface area contributed by atoms with Crippen molar-refractivity contribution in [1.82, 2.24) is 15.4 Å². The molecule has 1 N–H and O–H groups in total. The maximum absolute atomic E-state index is 13.9. The van der Waals surface area contributed by atoms with Crippen LogP contribution in [-0.4, -0.2) is 73.2 Å². The van der Waals surface area contributed by atoms with Crippen LogP contribution in [0, 0.1) is 0 Å². The molecule has 4 aliphatic rings. The summed E-state index contributed by atoms with van der Waals surface area (Å²) in [5.41, 5.74) is 5.55. The Kier molecular flexibility index (Phi) is 9.66. The van der Waals surface area contributed by atoms with Gasteiger partial charge in [0.15, 0.2) is 6.79 Å². The third kappa shape index (κ3) is 7.90. The van der Waals surface area contributed by atoms with Gasteiger partial charge in [-0.05, 0) is 89.9 Å². The number of hydrazine groups is 1. The summed E-state index contributed by atoms with van der Waals surface area (Å²) >= 11 is 0. The molecule has 0 bridgehead atoms. The number of likely N-dealkylation sites (tertiary alicyclic amines) is 1. The van der Waals surface area contributed by atoms with Crippen LogP contribution in [0.1, 0.15) is 72.1 Å². The lowest BCUT2D eigenvalue weighted by molar-refractivity contribution is -0.0890. The van der Waals surface area contributed by atoms with Gasteiger partial charge in [-0.3, -0.25) is 0 Å². The van der Waals surface area contributed by atoms with E-state index >= 15 is 0 Å². The summed E-state index contributed by atoms with van der Waals surface area (Å²) in [4.78, 5) is 14.4. The molecular weight excluding hydrogens is 525 g/mol. The highest BCUT2D eigenvalue weighted by Gasteiger charge is 2.35. The molecule has 2 aliphatic carbocycles. The minimum atomic E-state index is -4.51. The summed E-state index contributed by atoms with van der Waals surface area (Å²) in [6.45, 7) is 6.78. The lowest BCUT2D eigenvalue weighted by Crippen LogP contribution is -2.53. The van der Waals surface area contributed by atoms with Crippen LogP contribution in [0.5, 0.6) is 0 Å². The number of halogens is 3. The predicted molar refractivity (Wildman–Crippen MR) is 146 cm³/mol. The van der Waals surface area contributed by atoms with E-state index in [4.69, 9.17) is 19.3 Å². The zero-order valence-electron chi connectivity index (χ0n) is 23.9. The van der Waals surface area contributed by atoms with Gasteiger partial charge in [-0.1, -0.05) is 11.6 Å². The molecule has 2 aliphatic heterocycles. The smallest absolute Gasteiger partial charge is 0.416 e. The number of rotatable bonds is 5. The van der Waals surface area contributed by atoms with E-state index < -0.39 is 17.4 Å². The number of nitrogens with one attached hydrogen (secondary N) is 1. The maximum atomic E-state index is 13.9. The summed E-state index contributed by atoms with van der Waals surface area (Å²) in [6.07, 6.45) is 5.52. The Labute approximate surface area is 234 Å². The van der Waals surface area contributed by atoms with E-state index in [1.165, 1.54) is 13.2 Å². The van der Waals surface area contributed by atoms with E-state index in [0.717, 1.165) is 55.7 Å². The van der Waals surface area contributed by atoms with Gasteiger partial charge in [-0.25, -0.2) is 15.3 Å². The molecule has 11 heteroatoms. The van der Waals surface area contributed by atoms with Gasteiger partial charge in [0.05, 0.1) is 17.8 Å². The predicted octanol–water partition coefficient (Wildman–Crippen LogP) is 6.15. The molecule has 4 rings (SSSR count). The lowest BCUT2D eigenvalue weighted by atomic mass is 9.83. The highest BCUT2D eigenvalue weighted by molar-refractivity contribution is 6.15. The molecule has 0 unspecified atom stereocenters. The van der Waals surface area contributed by atoms with E-state index in [9.17, 15) is 18.0 Å². The van der Waals surface area contributed by atoms with Gasteiger partial charge in [-0.15, -0.1) is 0 Å². The number of amides is 1. The van der Waals surface area contributed by atoms with Crippen molar-refractivity contribution in [2.75, 3.05) is 33.5 Å². The molecule has 1 saturated heterocycles. The van der Waals surface area contributed by atoms with Gasteiger partial charge in [0.1, 0.15) is 11.4 Å². The van der Waals surface area contributed by atoms with E-state index in [1.807, 2.05) is 26.8 Å². The van der Waals surface area contributed by atoms with Crippen molar-refractivity contribution in [2.45, 2.75) is 90.0 Å². The SMILES string of the molecule is COCO/C1=C/C(C(F)(F)F)=C\CCC2=C(CCCC2)C2=NN(N[C@@H]3CCCN(C(=O)OC(C)(C)C)C3)CC=C21. The Morgan fingerprint density at radius 1 is 1.12 bits per heavy atom. The zero-order chi connectivity index (χ0) is 28.9. The molecule has 40 heavy (non-hydrogen) atoms. The van der Waals surface area contributed by atoms with Gasteiger partial charge >= 0.3 is 12.3 Å². The second-order valence-electron chi connectivity index (χ2n) is 11.6. The molecule has 8 nitrogen and oxygen atoms in total. The Bertz CT molecular complexity index is 1100. The molecule has 0 aromatic heterocycles. The van der Waals surface area contributed by atoms with Crippen LogP contribution in [0.4, 0.5) is 18.0 Å². The first-order chi connectivity index (χ1) is 18.9. The molecule has 1 fully saturated rings. The van der Waals surface area contributed by atoms with E-state index in [1.54, 1.807) is 10.0 Å². The summed E-state index contributed by atoms with van der Waals surface area (Å²) < 4.78 is 58.1. The first-order valence-electron chi connectivity index (χ1n) is 14.1. The molecule has 1 atom stereocenters. The Balaban J connectivity index is 1.63. The third-order valence-electron chi connectivity index (χ3n) is 7.24. The highest BCUT2D eigenvalue weighted by Crippen LogP contribution is 2.37. The number of nitrogens with zero attached hydrogens (tertiary/aromatic N) is 3. The molecule has 0 radical (unpaired) electrons. The first kappa shape index (κ1) is 30.2. The van der Waals surface area contributed by atoms with Gasteiger partial charge in [0.25, 0.3) is 0 Å². The van der Waals surface area contributed by atoms with Crippen molar-refractivity contribution in [3.63, 3.8) is 0 Å². The summed E-state index contributed by atoms with van der Waals surface area (Å²) in [5.74, 6) is 0.0944. The zero-order valence-corrected chi connectivity index (χ0v) is 23.9. The van der Waals surface area contributed by atoms with Crippen molar-refractivity contribution >= 4 is 11.8 Å². The number of allylic oxidation sites excluding steroid dienone is 6. The van der Waals surface area contributed by atoms with Gasteiger partial charge in [0, 0.05) is 31.8 Å². The number of carbonyl (C=O) groups excluding carboxylic acids is 1.